The van der Waals surface area contributed by atoms with Crippen LogP contribution in [0.3, 0.4) is 0 Å². The average Bonchev–Trinajstić information content (AvgIpc) is 2.97. The molecule has 0 bridgehead atoms. The summed E-state index contributed by atoms with van der Waals surface area (Å²) in [5, 5.41) is 0. The highest BCUT2D eigenvalue weighted by Crippen LogP contribution is 2.46. The number of carbonyl (C=O) groups is 4. The van der Waals surface area contributed by atoms with Gasteiger partial charge in [-0.1, -0.05) is 30.3 Å². The van der Waals surface area contributed by atoms with Gasteiger partial charge in [0.15, 0.2) is 17.2 Å². The van der Waals surface area contributed by atoms with E-state index >= 15 is 0 Å². The molecule has 4 rings (SSSR count). The Hall–Kier alpha value is -3.28. The minimum absolute atomic E-state index is 0.222. The van der Waals surface area contributed by atoms with Crippen molar-refractivity contribution < 1.29 is 28.7 Å². The topological polar surface area (TPSA) is 86.7 Å². The molecule has 2 heterocycles. The summed E-state index contributed by atoms with van der Waals surface area (Å²) in [5.74, 6) is -3.42. The molecule has 1 aromatic rings. The lowest BCUT2D eigenvalue weighted by atomic mass is 9.74. The SMILES string of the molecule is CC(C(=O)C1=C2C=C3CC(C)(C)OC=C3C(=O)C2(C)OC1=O)C(=O)c1ccccc1. The van der Waals surface area contributed by atoms with E-state index in [1.54, 1.807) is 36.4 Å². The third-order valence-electron chi connectivity index (χ3n) is 5.83. The van der Waals surface area contributed by atoms with E-state index < -0.39 is 40.4 Å². The van der Waals surface area contributed by atoms with Crippen molar-refractivity contribution in [1.29, 1.82) is 0 Å². The highest BCUT2D eigenvalue weighted by atomic mass is 16.6. The summed E-state index contributed by atoms with van der Waals surface area (Å²) >= 11 is 0. The van der Waals surface area contributed by atoms with Gasteiger partial charge in [0, 0.05) is 17.6 Å². The Bertz CT molecular complexity index is 1090. The van der Waals surface area contributed by atoms with Crippen molar-refractivity contribution in [3.63, 3.8) is 0 Å². The average molecular weight is 406 g/mol. The second kappa shape index (κ2) is 6.62. The molecule has 1 aliphatic carbocycles. The number of hydrogen-bond acceptors (Lipinski definition) is 6. The van der Waals surface area contributed by atoms with Gasteiger partial charge in [-0.05, 0) is 39.3 Å². The van der Waals surface area contributed by atoms with Crippen LogP contribution < -0.4 is 0 Å². The minimum Gasteiger partial charge on any atom is -0.494 e. The van der Waals surface area contributed by atoms with Crippen LogP contribution in [0.2, 0.25) is 0 Å². The summed E-state index contributed by atoms with van der Waals surface area (Å²) in [6.07, 6.45) is 3.52. The summed E-state index contributed by atoms with van der Waals surface area (Å²) in [7, 11) is 0. The Kier molecular flexibility index (Phi) is 4.42. The highest BCUT2D eigenvalue weighted by molar-refractivity contribution is 6.29. The molecule has 0 saturated heterocycles. The third-order valence-corrected chi connectivity index (χ3v) is 5.83. The van der Waals surface area contributed by atoms with Gasteiger partial charge in [0.25, 0.3) is 0 Å². The van der Waals surface area contributed by atoms with E-state index in [0.717, 1.165) is 0 Å². The molecule has 3 aliphatic rings. The zero-order chi connectivity index (χ0) is 21.8. The predicted molar refractivity (Wildman–Crippen MR) is 107 cm³/mol. The number of Topliss-reactive ketones (excluding diaryl/α,β-unsaturated/α-hetero) is 3. The molecular formula is C24H22O6. The predicted octanol–water partition coefficient (Wildman–Crippen LogP) is 3.28. The molecule has 0 spiro atoms. The Morgan fingerprint density at radius 3 is 2.37 bits per heavy atom. The lowest BCUT2D eigenvalue weighted by Gasteiger charge is -2.37. The summed E-state index contributed by atoms with van der Waals surface area (Å²) < 4.78 is 11.0. The second-order valence-electron chi connectivity index (χ2n) is 8.61. The number of ketones is 3. The monoisotopic (exact) mass is 406 g/mol. The molecular weight excluding hydrogens is 384 g/mol. The normalized spacial score (nSPS) is 25.3. The molecule has 30 heavy (non-hydrogen) atoms. The minimum atomic E-state index is -1.60. The van der Waals surface area contributed by atoms with Crippen LogP contribution in [-0.2, 0) is 23.9 Å². The number of esters is 1. The molecule has 2 unspecified atom stereocenters. The maximum atomic E-state index is 13.2. The van der Waals surface area contributed by atoms with Crippen molar-refractivity contribution in [1.82, 2.24) is 0 Å². The summed E-state index contributed by atoms with van der Waals surface area (Å²) in [6.45, 7) is 6.71. The fourth-order valence-electron chi connectivity index (χ4n) is 4.09. The van der Waals surface area contributed by atoms with Crippen LogP contribution in [-0.4, -0.2) is 34.5 Å². The Morgan fingerprint density at radius 1 is 1.03 bits per heavy atom. The van der Waals surface area contributed by atoms with Gasteiger partial charge in [-0.25, -0.2) is 4.79 Å². The number of hydrogen-bond donors (Lipinski definition) is 0. The second-order valence-corrected chi connectivity index (χ2v) is 8.61. The van der Waals surface area contributed by atoms with Gasteiger partial charge < -0.3 is 9.47 Å². The van der Waals surface area contributed by atoms with E-state index in [4.69, 9.17) is 9.47 Å². The zero-order valence-corrected chi connectivity index (χ0v) is 17.3. The van der Waals surface area contributed by atoms with Gasteiger partial charge in [0.1, 0.15) is 11.2 Å². The maximum absolute atomic E-state index is 13.2. The standard InChI is InChI=1S/C24H22O6/c1-13(19(25)14-8-6-5-7-9-14)20(26)18-17-10-15-11-23(2,3)29-12-16(15)21(27)24(17,4)30-22(18)28/h5-10,12-13H,11H2,1-4H3. The molecule has 6 nitrogen and oxygen atoms in total. The maximum Gasteiger partial charge on any atom is 0.343 e. The van der Waals surface area contributed by atoms with Crippen LogP contribution in [0.4, 0.5) is 0 Å². The first-order valence-electron chi connectivity index (χ1n) is 9.80. The quantitative estimate of drug-likeness (QED) is 0.330. The highest BCUT2D eigenvalue weighted by Gasteiger charge is 2.55. The zero-order valence-electron chi connectivity index (χ0n) is 17.3. The van der Waals surface area contributed by atoms with Crippen molar-refractivity contribution in [2.24, 2.45) is 5.92 Å². The number of fused-ring (bicyclic) bond motifs is 2. The van der Waals surface area contributed by atoms with E-state index in [2.05, 4.69) is 0 Å². The molecule has 0 fully saturated rings. The van der Waals surface area contributed by atoms with Crippen LogP contribution in [0.5, 0.6) is 0 Å². The molecule has 6 heteroatoms. The smallest absolute Gasteiger partial charge is 0.343 e. The molecule has 154 valence electrons. The first-order chi connectivity index (χ1) is 14.0. The number of ether oxygens (including phenoxy) is 2. The Labute approximate surface area is 174 Å². The van der Waals surface area contributed by atoms with Crippen molar-refractivity contribution in [3.05, 3.63) is 70.5 Å². The molecule has 0 radical (unpaired) electrons. The van der Waals surface area contributed by atoms with Crippen molar-refractivity contribution in [2.45, 2.75) is 45.3 Å². The third kappa shape index (κ3) is 2.95. The Balaban J connectivity index is 1.79. The summed E-state index contributed by atoms with van der Waals surface area (Å²) in [4.78, 5) is 51.8. The number of carbonyl (C=O) groups excluding carboxylic acids is 4. The van der Waals surface area contributed by atoms with E-state index in [0.29, 0.717) is 23.1 Å². The molecule has 0 saturated carbocycles. The van der Waals surface area contributed by atoms with Crippen LogP contribution in [0, 0.1) is 5.92 Å². The fraction of sp³-hybridized carbons (Fsp3) is 0.333. The van der Waals surface area contributed by atoms with Crippen LogP contribution in [0.15, 0.2) is 65.0 Å². The van der Waals surface area contributed by atoms with Crippen molar-refractivity contribution >= 4 is 23.3 Å². The van der Waals surface area contributed by atoms with Crippen LogP contribution >= 0.6 is 0 Å². The summed E-state index contributed by atoms with van der Waals surface area (Å²) in [6, 6.07) is 8.42. The molecule has 2 atom stereocenters. The van der Waals surface area contributed by atoms with E-state index in [9.17, 15) is 19.2 Å². The van der Waals surface area contributed by atoms with E-state index in [1.165, 1.54) is 20.1 Å². The number of benzene rings is 1. The van der Waals surface area contributed by atoms with Gasteiger partial charge in [0.05, 0.1) is 17.8 Å². The molecule has 2 aliphatic heterocycles. The van der Waals surface area contributed by atoms with Crippen molar-refractivity contribution in [3.8, 4) is 0 Å². The molecule has 0 aromatic heterocycles. The van der Waals surface area contributed by atoms with E-state index in [1.807, 2.05) is 13.8 Å². The van der Waals surface area contributed by atoms with Gasteiger partial charge in [-0.15, -0.1) is 0 Å². The lowest BCUT2D eigenvalue weighted by molar-refractivity contribution is -0.153. The number of rotatable bonds is 4. The van der Waals surface area contributed by atoms with E-state index in [-0.39, 0.29) is 11.1 Å². The summed E-state index contributed by atoms with van der Waals surface area (Å²) in [5.41, 5.74) is -0.706. The van der Waals surface area contributed by atoms with Crippen LogP contribution in [0.25, 0.3) is 0 Å². The lowest BCUT2D eigenvalue weighted by Crippen LogP contribution is -2.43. The van der Waals surface area contributed by atoms with Gasteiger partial charge >= 0.3 is 5.97 Å². The molecule has 0 amide bonds. The van der Waals surface area contributed by atoms with Gasteiger partial charge in [-0.2, -0.15) is 0 Å². The van der Waals surface area contributed by atoms with Gasteiger partial charge in [-0.3, -0.25) is 14.4 Å². The molecule has 0 N–H and O–H groups in total. The molecule has 1 aromatic carbocycles. The fourth-order valence-corrected chi connectivity index (χ4v) is 4.09. The van der Waals surface area contributed by atoms with Crippen molar-refractivity contribution in [2.75, 3.05) is 0 Å². The first kappa shape index (κ1) is 20.0. The largest absolute Gasteiger partial charge is 0.494 e. The van der Waals surface area contributed by atoms with Gasteiger partial charge in [0.2, 0.25) is 5.78 Å². The van der Waals surface area contributed by atoms with Crippen LogP contribution in [0.1, 0.15) is 44.5 Å². The first-order valence-corrected chi connectivity index (χ1v) is 9.80. The Morgan fingerprint density at radius 2 is 1.70 bits per heavy atom.